The first kappa shape index (κ1) is 32.2. The molecule has 0 bridgehead atoms. The van der Waals surface area contributed by atoms with E-state index in [-0.39, 0.29) is 17.9 Å². The second-order valence-corrected chi connectivity index (χ2v) is 12.2. The van der Waals surface area contributed by atoms with Gasteiger partial charge in [-0.25, -0.2) is 4.79 Å². The van der Waals surface area contributed by atoms with E-state index in [9.17, 15) is 24.0 Å². The molecule has 0 aromatic heterocycles. The predicted molar refractivity (Wildman–Crippen MR) is 184 cm³/mol. The summed E-state index contributed by atoms with van der Waals surface area (Å²) in [7, 11) is 0. The zero-order valence-electron chi connectivity index (χ0n) is 27.0. The molecule has 2 aliphatic heterocycles. The molecular weight excluding hydrogens is 632 g/mol. The summed E-state index contributed by atoms with van der Waals surface area (Å²) in [4.78, 5) is 69.0. The Morgan fingerprint density at radius 2 is 1.28 bits per heavy atom. The van der Waals surface area contributed by atoms with Crippen molar-refractivity contribution >= 4 is 40.3 Å². The number of β-lactam (4-membered cyclic amide) rings is 1. The lowest BCUT2D eigenvalue weighted by Gasteiger charge is -2.42. The van der Waals surface area contributed by atoms with Crippen molar-refractivity contribution in [2.24, 2.45) is 0 Å². The third-order valence-corrected chi connectivity index (χ3v) is 9.08. The molecule has 0 spiro atoms. The van der Waals surface area contributed by atoms with Gasteiger partial charge in [-0.2, -0.15) is 0 Å². The Labute approximate surface area is 288 Å². The van der Waals surface area contributed by atoms with Crippen LogP contribution in [0.25, 0.3) is 10.8 Å². The molecule has 0 aliphatic carbocycles. The molecule has 1 saturated heterocycles. The summed E-state index contributed by atoms with van der Waals surface area (Å²) < 4.78 is 11.6. The number of carbonyl (C=O) groups excluding carboxylic acids is 5. The molecule has 1 N–H and O–H groups in total. The van der Waals surface area contributed by atoms with Crippen LogP contribution in [0.2, 0.25) is 0 Å². The number of carbonyl (C=O) groups is 5. The molecular formula is C41H32N2O7. The van der Waals surface area contributed by atoms with E-state index in [1.54, 1.807) is 30.3 Å². The minimum Gasteiger partial charge on any atom is -0.456 e. The van der Waals surface area contributed by atoms with Crippen LogP contribution in [0.5, 0.6) is 0 Å². The van der Waals surface area contributed by atoms with E-state index in [0.29, 0.717) is 16.7 Å². The average Bonchev–Trinajstić information content (AvgIpc) is 3.39. The molecule has 248 valence electrons. The maximum atomic E-state index is 13.9. The van der Waals surface area contributed by atoms with E-state index >= 15 is 0 Å². The van der Waals surface area contributed by atoms with E-state index in [0.717, 1.165) is 21.2 Å². The standard InChI is InChI=1S/C41H32N2O7/c1-25-34(41(48)49-24-26-21-22-27-13-11-12-20-31(27)23-26)43-35(36(25)44)33(39(43)46)42-38(45)32(28-14-5-2-6-15-28)40(47)50-37(29-16-7-3-8-17-29)30-18-9-4-10-19-30/h2-23,32-33,35,37H,24H2,1H3,(H,42,45)/t32?,33?,35-/m0/s1. The first-order valence-electron chi connectivity index (χ1n) is 16.2. The highest BCUT2D eigenvalue weighted by molar-refractivity contribution is 6.20. The van der Waals surface area contributed by atoms with Crippen molar-refractivity contribution in [1.29, 1.82) is 0 Å². The molecule has 0 saturated carbocycles. The van der Waals surface area contributed by atoms with Crippen LogP contribution in [0.15, 0.2) is 145 Å². The largest absolute Gasteiger partial charge is 0.456 e. The van der Waals surface area contributed by atoms with Gasteiger partial charge in [0.2, 0.25) is 5.91 Å². The Bertz CT molecular complexity index is 2110. The van der Waals surface area contributed by atoms with Crippen molar-refractivity contribution in [2.45, 2.75) is 37.6 Å². The molecule has 2 amide bonds. The van der Waals surface area contributed by atoms with E-state index in [2.05, 4.69) is 5.32 Å². The van der Waals surface area contributed by atoms with Crippen LogP contribution in [-0.2, 0) is 40.1 Å². The Hall–Kier alpha value is -6.35. The van der Waals surface area contributed by atoms with E-state index < -0.39 is 53.6 Å². The lowest BCUT2D eigenvalue weighted by atomic mass is 9.91. The minimum atomic E-state index is -1.45. The Balaban J connectivity index is 1.08. The second-order valence-electron chi connectivity index (χ2n) is 12.2. The number of rotatable bonds is 10. The van der Waals surface area contributed by atoms with Crippen molar-refractivity contribution in [1.82, 2.24) is 10.2 Å². The highest BCUT2D eigenvalue weighted by Crippen LogP contribution is 2.37. The summed E-state index contributed by atoms with van der Waals surface area (Å²) in [5.74, 6) is -5.05. The third kappa shape index (κ3) is 6.05. The molecule has 9 nitrogen and oxygen atoms in total. The fraction of sp³-hybridized carbons (Fsp3) is 0.146. The summed E-state index contributed by atoms with van der Waals surface area (Å²) in [6.07, 6.45) is -0.809. The summed E-state index contributed by atoms with van der Waals surface area (Å²) >= 11 is 0. The van der Waals surface area contributed by atoms with Gasteiger partial charge >= 0.3 is 11.9 Å². The van der Waals surface area contributed by atoms with Gasteiger partial charge in [0.25, 0.3) is 5.91 Å². The molecule has 5 aromatic rings. The molecule has 3 atom stereocenters. The number of ether oxygens (including phenoxy) is 2. The lowest BCUT2D eigenvalue weighted by molar-refractivity contribution is -0.158. The number of benzene rings is 5. The molecule has 9 heteroatoms. The zero-order valence-corrected chi connectivity index (χ0v) is 27.0. The summed E-state index contributed by atoms with van der Waals surface area (Å²) in [6, 6.07) is 37.7. The van der Waals surface area contributed by atoms with Crippen LogP contribution in [0.4, 0.5) is 0 Å². The van der Waals surface area contributed by atoms with Crippen molar-refractivity contribution < 1.29 is 33.4 Å². The number of fused-ring (bicyclic) bond motifs is 2. The summed E-state index contributed by atoms with van der Waals surface area (Å²) in [5, 5.41) is 4.65. The normalized spacial score (nSPS) is 17.3. The number of ketones is 1. The molecule has 7 rings (SSSR count). The Morgan fingerprint density at radius 1 is 0.720 bits per heavy atom. The molecule has 1 fully saturated rings. The number of esters is 2. The van der Waals surface area contributed by atoms with Gasteiger partial charge < -0.3 is 14.8 Å². The molecule has 50 heavy (non-hydrogen) atoms. The van der Waals surface area contributed by atoms with Crippen LogP contribution in [0.3, 0.4) is 0 Å². The fourth-order valence-corrected chi connectivity index (χ4v) is 6.51. The van der Waals surface area contributed by atoms with Crippen molar-refractivity contribution in [3.63, 3.8) is 0 Å². The van der Waals surface area contributed by atoms with Gasteiger partial charge in [0, 0.05) is 5.57 Å². The fourth-order valence-electron chi connectivity index (χ4n) is 6.51. The Morgan fingerprint density at radius 3 is 1.90 bits per heavy atom. The third-order valence-electron chi connectivity index (χ3n) is 9.08. The van der Waals surface area contributed by atoms with E-state index in [1.165, 1.54) is 6.92 Å². The quantitative estimate of drug-likeness (QED) is 0.118. The van der Waals surface area contributed by atoms with Gasteiger partial charge in [-0.05, 0) is 46.0 Å². The highest BCUT2D eigenvalue weighted by Gasteiger charge is 2.60. The number of hydrogen-bond acceptors (Lipinski definition) is 7. The number of nitrogens with one attached hydrogen (secondary N) is 1. The first-order chi connectivity index (χ1) is 24.3. The smallest absolute Gasteiger partial charge is 0.355 e. The molecule has 5 aromatic carbocycles. The number of nitrogens with zero attached hydrogens (tertiary/aromatic N) is 1. The van der Waals surface area contributed by atoms with Crippen LogP contribution in [-0.4, -0.2) is 46.5 Å². The SMILES string of the molecule is CC1=C(C(=O)OCc2ccc3ccccc3c2)N2C(=O)C(NC(=O)C(C(=O)OC(c3ccccc3)c3ccccc3)c3ccccc3)[C@H]2C1=O. The van der Waals surface area contributed by atoms with Gasteiger partial charge in [-0.15, -0.1) is 0 Å². The minimum absolute atomic E-state index is 0.0602. The predicted octanol–water partition coefficient (Wildman–Crippen LogP) is 5.55. The van der Waals surface area contributed by atoms with Crippen LogP contribution >= 0.6 is 0 Å². The van der Waals surface area contributed by atoms with Crippen LogP contribution in [0.1, 0.15) is 41.2 Å². The second kappa shape index (κ2) is 13.6. The molecule has 2 aliphatic rings. The van der Waals surface area contributed by atoms with Gasteiger partial charge in [-0.3, -0.25) is 24.1 Å². The van der Waals surface area contributed by atoms with Crippen LogP contribution < -0.4 is 5.32 Å². The van der Waals surface area contributed by atoms with E-state index in [4.69, 9.17) is 9.47 Å². The maximum Gasteiger partial charge on any atom is 0.355 e. The van der Waals surface area contributed by atoms with Gasteiger partial charge in [0.15, 0.2) is 17.8 Å². The maximum absolute atomic E-state index is 13.9. The number of hydrogen-bond donors (Lipinski definition) is 1. The van der Waals surface area contributed by atoms with Crippen LogP contribution in [0, 0.1) is 0 Å². The monoisotopic (exact) mass is 664 g/mol. The van der Waals surface area contributed by atoms with Gasteiger partial charge in [-0.1, -0.05) is 127 Å². The van der Waals surface area contributed by atoms with Crippen molar-refractivity contribution in [2.75, 3.05) is 0 Å². The molecule has 2 unspecified atom stereocenters. The number of Topliss-reactive ketones (excluding diaryl/α,β-unsaturated/α-hetero) is 1. The van der Waals surface area contributed by atoms with Gasteiger partial charge in [0.05, 0.1) is 0 Å². The lowest BCUT2D eigenvalue weighted by Crippen LogP contribution is -2.71. The first-order valence-corrected chi connectivity index (χ1v) is 16.2. The van der Waals surface area contributed by atoms with Gasteiger partial charge in [0.1, 0.15) is 24.4 Å². The summed E-state index contributed by atoms with van der Waals surface area (Å²) in [6.45, 7) is 1.40. The Kier molecular flexibility index (Phi) is 8.79. The van der Waals surface area contributed by atoms with E-state index in [1.807, 2.05) is 103 Å². The van der Waals surface area contributed by atoms with Crippen molar-refractivity contribution in [3.8, 4) is 0 Å². The topological polar surface area (TPSA) is 119 Å². The molecule has 0 radical (unpaired) electrons. The van der Waals surface area contributed by atoms with Crippen molar-refractivity contribution in [3.05, 3.63) is 167 Å². The average molecular weight is 665 g/mol. The zero-order chi connectivity index (χ0) is 34.8. The summed E-state index contributed by atoms with van der Waals surface area (Å²) in [5.41, 5.74) is 2.44. The highest BCUT2D eigenvalue weighted by atomic mass is 16.5. The molecule has 2 heterocycles. The number of amides is 2.